The molecule has 0 aliphatic carbocycles. The van der Waals surface area contributed by atoms with Crippen molar-refractivity contribution in [1.82, 2.24) is 9.80 Å². The lowest BCUT2D eigenvalue weighted by Crippen LogP contribution is -2.55. The zero-order valence-electron chi connectivity index (χ0n) is 19.5. The number of hydrogen-bond donors (Lipinski definition) is 1. The summed E-state index contributed by atoms with van der Waals surface area (Å²) in [6.07, 6.45) is 13.0. The molecule has 4 heterocycles. The van der Waals surface area contributed by atoms with Gasteiger partial charge in [-0.05, 0) is 25.3 Å². The summed E-state index contributed by atoms with van der Waals surface area (Å²) in [6, 6.07) is -0.777. The van der Waals surface area contributed by atoms with Gasteiger partial charge in [0.05, 0.1) is 12.0 Å². The molecule has 0 aromatic rings. The number of unbranched alkanes of at least 4 members (excludes halogenated alkanes) is 5. The lowest BCUT2D eigenvalue weighted by atomic mass is 9.78. The summed E-state index contributed by atoms with van der Waals surface area (Å²) in [6.45, 7) is 4.00. The number of fused-ring (bicyclic) bond motifs is 2. The minimum atomic E-state index is -1.16. The lowest BCUT2D eigenvalue weighted by molar-refractivity contribution is -0.153. The molecule has 2 saturated heterocycles. The van der Waals surface area contributed by atoms with Gasteiger partial charge in [-0.1, -0.05) is 50.8 Å². The highest BCUT2D eigenvalue weighted by Gasteiger charge is 2.71. The van der Waals surface area contributed by atoms with E-state index in [-0.39, 0.29) is 25.0 Å². The predicted molar refractivity (Wildman–Crippen MR) is 121 cm³/mol. The predicted octanol–water partition coefficient (Wildman–Crippen LogP) is 1.82. The van der Waals surface area contributed by atoms with Crippen LogP contribution in [0.3, 0.4) is 0 Å². The Hall–Kier alpha value is -2.19. The van der Waals surface area contributed by atoms with Crippen LogP contribution in [0.5, 0.6) is 0 Å². The van der Waals surface area contributed by atoms with Crippen LogP contribution >= 0.6 is 0 Å². The van der Waals surface area contributed by atoms with Crippen LogP contribution in [-0.4, -0.2) is 83.3 Å². The number of rotatable bonds is 10. The molecule has 33 heavy (non-hydrogen) atoms. The Bertz CT molecular complexity index is 811. The smallest absolute Gasteiger partial charge is 0.313 e. The molecule has 4 aliphatic heterocycles. The number of cyclic esters (lactones) is 1. The SMILES string of the molecule is CCCCCN1CC=C[C@]23O[C@@H]4C=CCOC(=O)[C@@H]4[C@H]2C(=O)N(CCCCCCO)C3C1=O. The van der Waals surface area contributed by atoms with E-state index in [9.17, 15) is 14.4 Å². The molecule has 2 fully saturated rings. The zero-order valence-corrected chi connectivity index (χ0v) is 19.5. The second-order valence-corrected chi connectivity index (χ2v) is 9.46. The van der Waals surface area contributed by atoms with E-state index in [0.717, 1.165) is 44.9 Å². The maximum absolute atomic E-state index is 13.8. The maximum atomic E-state index is 13.8. The number of ether oxygens (including phenoxy) is 2. The van der Waals surface area contributed by atoms with Crippen molar-refractivity contribution < 1.29 is 29.0 Å². The fourth-order valence-electron chi connectivity index (χ4n) is 5.76. The van der Waals surface area contributed by atoms with Gasteiger partial charge in [-0.15, -0.1) is 0 Å². The molecular formula is C25H36N2O6. The Morgan fingerprint density at radius 3 is 2.61 bits per heavy atom. The molecule has 4 aliphatic rings. The summed E-state index contributed by atoms with van der Waals surface area (Å²) in [5, 5.41) is 9.04. The second kappa shape index (κ2) is 10.4. The van der Waals surface area contributed by atoms with Crippen molar-refractivity contribution in [3.8, 4) is 0 Å². The number of nitrogens with zero attached hydrogens (tertiary/aromatic N) is 2. The number of carbonyl (C=O) groups excluding carboxylic acids is 3. The van der Waals surface area contributed by atoms with Crippen LogP contribution < -0.4 is 0 Å². The fraction of sp³-hybridized carbons (Fsp3) is 0.720. The van der Waals surface area contributed by atoms with Crippen LogP contribution in [0.1, 0.15) is 51.9 Å². The number of carbonyl (C=O) groups is 3. The molecule has 4 rings (SSSR count). The van der Waals surface area contributed by atoms with E-state index >= 15 is 0 Å². The van der Waals surface area contributed by atoms with Crippen LogP contribution in [0.2, 0.25) is 0 Å². The Morgan fingerprint density at radius 1 is 1.03 bits per heavy atom. The Labute approximate surface area is 195 Å². The van der Waals surface area contributed by atoms with Gasteiger partial charge in [0, 0.05) is 26.2 Å². The van der Waals surface area contributed by atoms with Crippen LogP contribution in [0.25, 0.3) is 0 Å². The van der Waals surface area contributed by atoms with Crippen molar-refractivity contribution >= 4 is 17.8 Å². The number of likely N-dealkylation sites (tertiary alicyclic amines) is 1. The molecule has 1 unspecified atom stereocenters. The van der Waals surface area contributed by atoms with Gasteiger partial charge in [-0.3, -0.25) is 14.4 Å². The molecule has 1 spiro atoms. The number of aliphatic hydroxyl groups excluding tert-OH is 1. The molecule has 8 nitrogen and oxygen atoms in total. The molecule has 0 aromatic carbocycles. The maximum Gasteiger partial charge on any atom is 0.313 e. The monoisotopic (exact) mass is 460 g/mol. The highest BCUT2D eigenvalue weighted by molar-refractivity contribution is 5.99. The van der Waals surface area contributed by atoms with Gasteiger partial charge < -0.3 is 24.4 Å². The van der Waals surface area contributed by atoms with E-state index in [1.165, 1.54) is 0 Å². The summed E-state index contributed by atoms with van der Waals surface area (Å²) in [5.41, 5.74) is -1.16. The van der Waals surface area contributed by atoms with Crippen molar-refractivity contribution in [1.29, 1.82) is 0 Å². The normalized spacial score (nSPS) is 33.0. The zero-order chi connectivity index (χ0) is 23.4. The largest absolute Gasteiger partial charge is 0.461 e. The average molecular weight is 461 g/mol. The minimum absolute atomic E-state index is 0.101. The molecule has 0 radical (unpaired) electrons. The summed E-state index contributed by atoms with van der Waals surface area (Å²) >= 11 is 0. The van der Waals surface area contributed by atoms with E-state index in [0.29, 0.717) is 19.6 Å². The highest BCUT2D eigenvalue weighted by Crippen LogP contribution is 2.53. The minimum Gasteiger partial charge on any atom is -0.461 e. The molecule has 0 saturated carbocycles. The van der Waals surface area contributed by atoms with Crippen molar-refractivity contribution in [2.45, 2.75) is 69.6 Å². The first-order chi connectivity index (χ1) is 16.0. The Balaban J connectivity index is 1.65. The molecule has 0 aromatic heterocycles. The summed E-state index contributed by atoms with van der Waals surface area (Å²) in [5.74, 6) is -2.25. The summed E-state index contributed by atoms with van der Waals surface area (Å²) in [7, 11) is 0. The number of amides is 2. The van der Waals surface area contributed by atoms with Crippen molar-refractivity contribution in [2.75, 3.05) is 32.8 Å². The van der Waals surface area contributed by atoms with E-state index in [1.54, 1.807) is 17.1 Å². The van der Waals surface area contributed by atoms with E-state index in [4.69, 9.17) is 14.6 Å². The third-order valence-electron chi connectivity index (χ3n) is 7.34. The van der Waals surface area contributed by atoms with E-state index < -0.39 is 35.6 Å². The molecule has 5 atom stereocenters. The molecule has 182 valence electrons. The third kappa shape index (κ3) is 4.35. The first-order valence-corrected chi connectivity index (χ1v) is 12.4. The first-order valence-electron chi connectivity index (χ1n) is 12.4. The number of esters is 1. The molecule has 0 bridgehead atoms. The molecular weight excluding hydrogens is 424 g/mol. The van der Waals surface area contributed by atoms with Crippen molar-refractivity contribution in [3.05, 3.63) is 24.3 Å². The molecule has 1 N–H and O–H groups in total. The van der Waals surface area contributed by atoms with Crippen LogP contribution in [0, 0.1) is 11.8 Å². The number of hydrogen-bond acceptors (Lipinski definition) is 6. The van der Waals surface area contributed by atoms with Gasteiger partial charge in [0.25, 0.3) is 0 Å². The molecule has 8 heteroatoms. The molecule has 2 amide bonds. The van der Waals surface area contributed by atoms with Gasteiger partial charge in [0.15, 0.2) is 0 Å². The van der Waals surface area contributed by atoms with E-state index in [1.807, 2.05) is 17.1 Å². The van der Waals surface area contributed by atoms with Gasteiger partial charge in [0.2, 0.25) is 11.8 Å². The average Bonchev–Trinajstić information content (AvgIpc) is 3.10. The van der Waals surface area contributed by atoms with Crippen LogP contribution in [-0.2, 0) is 23.9 Å². The van der Waals surface area contributed by atoms with Gasteiger partial charge in [-0.2, -0.15) is 0 Å². The van der Waals surface area contributed by atoms with E-state index in [2.05, 4.69) is 6.92 Å². The third-order valence-corrected chi connectivity index (χ3v) is 7.34. The Kier molecular flexibility index (Phi) is 7.54. The van der Waals surface area contributed by atoms with Crippen molar-refractivity contribution in [2.24, 2.45) is 11.8 Å². The van der Waals surface area contributed by atoms with Gasteiger partial charge in [-0.25, -0.2) is 0 Å². The first kappa shape index (κ1) is 24.0. The topological polar surface area (TPSA) is 96.4 Å². The lowest BCUT2D eigenvalue weighted by Gasteiger charge is -2.35. The standard InChI is InChI=1S/C25H36N2O6/c1-2-3-6-13-26-14-10-12-25-20(19-18(33-25)11-9-17-32-24(19)31)22(29)27(21(25)23(26)30)15-7-4-5-8-16-28/h9-12,18-21,28H,2-8,13-17H2,1H3/t18-,19+,20+,21?,25+/m1/s1. The summed E-state index contributed by atoms with van der Waals surface area (Å²) < 4.78 is 11.8. The quantitative estimate of drug-likeness (QED) is 0.304. The van der Waals surface area contributed by atoms with Crippen LogP contribution in [0.4, 0.5) is 0 Å². The highest BCUT2D eigenvalue weighted by atomic mass is 16.6. The fourth-order valence-corrected chi connectivity index (χ4v) is 5.76. The van der Waals surface area contributed by atoms with Gasteiger partial charge in [0.1, 0.15) is 24.2 Å². The van der Waals surface area contributed by atoms with Gasteiger partial charge >= 0.3 is 5.97 Å². The number of aliphatic hydroxyl groups is 1. The summed E-state index contributed by atoms with van der Waals surface area (Å²) in [4.78, 5) is 44.0. The Morgan fingerprint density at radius 2 is 1.82 bits per heavy atom. The van der Waals surface area contributed by atoms with Crippen molar-refractivity contribution in [3.63, 3.8) is 0 Å². The van der Waals surface area contributed by atoms with Crippen LogP contribution in [0.15, 0.2) is 24.3 Å². The second-order valence-electron chi connectivity index (χ2n) is 9.46.